The normalized spacial score (nSPS) is 20.7. The summed E-state index contributed by atoms with van der Waals surface area (Å²) in [5.41, 5.74) is -1.39. The van der Waals surface area contributed by atoms with Gasteiger partial charge >= 0.3 is 6.09 Å². The lowest BCUT2D eigenvalue weighted by Crippen LogP contribution is -2.37. The number of hydrogen-bond acceptors (Lipinski definition) is 3. The molecule has 1 N–H and O–H groups in total. The molecule has 3 nitrogen and oxygen atoms in total. The number of nitrogens with one attached hydrogen (secondary N) is 1. The highest BCUT2D eigenvalue weighted by Crippen LogP contribution is 2.07. The van der Waals surface area contributed by atoms with Crippen LogP contribution in [-0.4, -0.2) is 23.5 Å². The van der Waals surface area contributed by atoms with Gasteiger partial charge in [-0.05, 0) is 39.8 Å². The van der Waals surface area contributed by atoms with Gasteiger partial charge in [0.25, 0.3) is 0 Å². The van der Waals surface area contributed by atoms with Crippen LogP contribution in [0.5, 0.6) is 0 Å². The summed E-state index contributed by atoms with van der Waals surface area (Å²) in [6.45, 7) is 6.95. The topological polar surface area (TPSA) is 38.3 Å². The first-order valence-electron chi connectivity index (χ1n) is 5.31. The van der Waals surface area contributed by atoms with Crippen molar-refractivity contribution in [3.05, 3.63) is 0 Å². The molecule has 1 amide bonds. The molecule has 13 heavy (non-hydrogen) atoms. The number of alkyl carbamates (subject to hydrolysis) is 1. The predicted molar refractivity (Wildman–Crippen MR) is 57.3 cm³/mol. The number of thiol groups is 1. The summed E-state index contributed by atoms with van der Waals surface area (Å²) in [4.78, 5) is 11.3. The lowest BCUT2D eigenvalue weighted by Gasteiger charge is -2.21. The highest BCUT2D eigenvalue weighted by atomic mass is 32.1. The van der Waals surface area contributed by atoms with Gasteiger partial charge in [-0.3, -0.25) is 0 Å². The fraction of sp³-hybridized carbons (Fsp3) is 0.889. The minimum Gasteiger partial charge on any atom is -0.444 e. The molecule has 78 valence electrons. The Kier molecular flexibility index (Phi) is 3.80. The molecule has 0 spiro atoms. The zero-order valence-corrected chi connectivity index (χ0v) is 9.39. The molecular weight excluding hydrogens is 186 g/mol. The Balaban J connectivity index is 4.08. The van der Waals surface area contributed by atoms with E-state index in [2.05, 4.69) is 17.9 Å². The van der Waals surface area contributed by atoms with E-state index >= 15 is 0 Å². The molecule has 0 heterocycles. The minimum atomic E-state index is -0.838. The van der Waals surface area contributed by atoms with Gasteiger partial charge in [-0.15, -0.1) is 0 Å². The van der Waals surface area contributed by atoms with Gasteiger partial charge in [0.05, 0.1) is 0 Å². The monoisotopic (exact) mass is 207 g/mol. The molecule has 0 rings (SSSR count). The molecule has 0 aromatic carbocycles. The average molecular weight is 207 g/mol. The maximum absolute atomic E-state index is 11.3. The van der Waals surface area contributed by atoms with Crippen LogP contribution in [0.2, 0.25) is 0 Å². The first kappa shape index (κ1) is 9.19. The Morgan fingerprint density at radius 2 is 2.23 bits per heavy atom. The third kappa shape index (κ3) is 7.96. The van der Waals surface area contributed by atoms with Crippen molar-refractivity contribution in [3.8, 4) is 0 Å². The van der Waals surface area contributed by atoms with E-state index in [4.69, 9.17) is 7.48 Å². The molecule has 0 aromatic heterocycles. The van der Waals surface area contributed by atoms with Crippen molar-refractivity contribution in [1.29, 1.82) is 0 Å². The van der Waals surface area contributed by atoms with Crippen molar-refractivity contribution in [2.24, 2.45) is 0 Å². The van der Waals surface area contributed by atoms with Crippen molar-refractivity contribution >= 4 is 18.7 Å². The molecule has 0 fully saturated rings. The van der Waals surface area contributed by atoms with Crippen LogP contribution >= 0.6 is 12.6 Å². The number of carbonyl (C=O) groups is 1. The van der Waals surface area contributed by atoms with E-state index in [9.17, 15) is 4.79 Å². The summed E-state index contributed by atoms with van der Waals surface area (Å²) < 4.78 is 19.8. The van der Waals surface area contributed by atoms with E-state index in [-0.39, 0.29) is 0 Å². The lowest BCUT2D eigenvalue weighted by molar-refractivity contribution is 0.0508. The summed E-state index contributed by atoms with van der Waals surface area (Å²) in [7, 11) is 0. The highest BCUT2D eigenvalue weighted by Gasteiger charge is 2.17. The Morgan fingerprint density at radius 3 is 2.62 bits per heavy atom. The van der Waals surface area contributed by atoms with Gasteiger partial charge in [-0.25, -0.2) is 4.79 Å². The highest BCUT2D eigenvalue weighted by molar-refractivity contribution is 7.80. The minimum absolute atomic E-state index is 0.458. The Labute approximate surface area is 88.4 Å². The zero-order chi connectivity index (χ0) is 12.2. The van der Waals surface area contributed by atoms with Crippen LogP contribution in [0.1, 0.15) is 36.8 Å². The van der Waals surface area contributed by atoms with Crippen molar-refractivity contribution in [2.45, 2.75) is 45.7 Å². The molecule has 0 aliphatic carbocycles. The van der Waals surface area contributed by atoms with Crippen molar-refractivity contribution in [2.75, 3.05) is 5.73 Å². The summed E-state index contributed by atoms with van der Waals surface area (Å²) in [6.07, 6.45) is -1.35. The predicted octanol–water partition coefficient (Wildman–Crippen LogP) is 2.22. The van der Waals surface area contributed by atoms with Crippen LogP contribution in [0.25, 0.3) is 0 Å². The summed E-state index contributed by atoms with van der Waals surface area (Å²) >= 11 is 3.83. The van der Waals surface area contributed by atoms with Gasteiger partial charge in [-0.1, -0.05) is 0 Å². The third-order valence-electron chi connectivity index (χ3n) is 1.12. The number of amides is 1. The molecule has 4 heteroatoms. The molecule has 3 atom stereocenters. The molecule has 0 aliphatic heterocycles. The lowest BCUT2D eigenvalue weighted by atomic mass is 10.2. The smallest absolute Gasteiger partial charge is 0.407 e. The molecule has 0 saturated heterocycles. The second-order valence-electron chi connectivity index (χ2n) is 3.78. The van der Waals surface area contributed by atoms with E-state index in [0.717, 1.165) is 0 Å². The van der Waals surface area contributed by atoms with Gasteiger partial charge in [0, 0.05) is 8.78 Å². The molecule has 0 bridgehead atoms. The molecular formula is C9H19NO2S. The second kappa shape index (κ2) is 5.37. The molecule has 2 unspecified atom stereocenters. The van der Waals surface area contributed by atoms with Crippen LogP contribution in [0.15, 0.2) is 0 Å². The van der Waals surface area contributed by atoms with Crippen molar-refractivity contribution in [3.63, 3.8) is 0 Å². The largest absolute Gasteiger partial charge is 0.444 e. The third-order valence-corrected chi connectivity index (χ3v) is 1.29. The number of hydrogen-bond donors (Lipinski definition) is 2. The van der Waals surface area contributed by atoms with Crippen LogP contribution in [0, 0.1) is 0 Å². The van der Waals surface area contributed by atoms with Gasteiger partial charge in [0.1, 0.15) is 5.60 Å². The molecule has 0 saturated carbocycles. The van der Waals surface area contributed by atoms with Gasteiger partial charge in [0.2, 0.25) is 0 Å². The van der Waals surface area contributed by atoms with E-state index in [1.54, 1.807) is 27.7 Å². The SMILES string of the molecule is [2H]C(S)C([2H])[C@@H](C)NC(=O)OC(C)(C)C. The van der Waals surface area contributed by atoms with Crippen LogP contribution in [0.4, 0.5) is 4.79 Å². The molecule has 0 aliphatic rings. The quantitative estimate of drug-likeness (QED) is 0.696. The van der Waals surface area contributed by atoms with E-state index < -0.39 is 29.9 Å². The number of ether oxygens (including phenoxy) is 1. The fourth-order valence-electron chi connectivity index (χ4n) is 0.671. The summed E-state index contributed by atoms with van der Waals surface area (Å²) in [5, 5.41) is 2.50. The van der Waals surface area contributed by atoms with Gasteiger partial charge in [-0.2, -0.15) is 12.6 Å². The Bertz CT molecular complexity index is 219. The standard InChI is InChI=1S/C9H19NO2S/c1-7(5-6-13)10-8(11)12-9(2,3)4/h7,13H,5-6H2,1-4H3,(H,10,11)/t7-/m1/s1/i5D,6D/t5?,6?,7-. The second-order valence-corrected chi connectivity index (χ2v) is 4.07. The maximum atomic E-state index is 11.3. The summed E-state index contributed by atoms with van der Waals surface area (Å²) in [5.74, 6) is 0. The first-order valence-corrected chi connectivity index (χ1v) is 4.67. The molecule has 0 radical (unpaired) electrons. The van der Waals surface area contributed by atoms with E-state index in [1.807, 2.05) is 0 Å². The fourth-order valence-corrected chi connectivity index (χ4v) is 0.929. The van der Waals surface area contributed by atoms with Crippen molar-refractivity contribution in [1.82, 2.24) is 5.32 Å². The summed E-state index contributed by atoms with van der Waals surface area (Å²) in [6, 6.07) is -0.458. The van der Waals surface area contributed by atoms with Gasteiger partial charge in [0.15, 0.2) is 0 Å². The van der Waals surface area contributed by atoms with E-state index in [0.29, 0.717) is 0 Å². The molecule has 0 aromatic rings. The van der Waals surface area contributed by atoms with E-state index in [1.165, 1.54) is 0 Å². The van der Waals surface area contributed by atoms with Crippen molar-refractivity contribution < 1.29 is 12.3 Å². The first-order chi connectivity index (χ1) is 6.63. The van der Waals surface area contributed by atoms with Gasteiger partial charge < -0.3 is 10.1 Å². The number of carbonyl (C=O) groups excluding carboxylic acids is 1. The Morgan fingerprint density at radius 1 is 1.69 bits per heavy atom. The van der Waals surface area contributed by atoms with Crippen LogP contribution in [0.3, 0.4) is 0 Å². The van der Waals surface area contributed by atoms with Crippen LogP contribution in [-0.2, 0) is 4.74 Å². The zero-order valence-electron chi connectivity index (χ0n) is 10.5. The Hall–Kier alpha value is -0.380. The maximum Gasteiger partial charge on any atom is 0.407 e. The van der Waals surface area contributed by atoms with Crippen LogP contribution < -0.4 is 5.32 Å². The average Bonchev–Trinajstić information content (AvgIpc) is 1.98. The number of rotatable bonds is 3.